The maximum Gasteiger partial charge on any atom is 0.126 e. The van der Waals surface area contributed by atoms with Crippen LogP contribution in [0.2, 0.25) is 0 Å². The van der Waals surface area contributed by atoms with Crippen LogP contribution in [-0.4, -0.2) is 13.7 Å². The molecule has 1 aromatic carbocycles. The van der Waals surface area contributed by atoms with E-state index >= 15 is 0 Å². The van der Waals surface area contributed by atoms with E-state index in [4.69, 9.17) is 10.5 Å². The third kappa shape index (κ3) is 1.98. The number of methoxy groups -OCH3 is 1. The third-order valence-corrected chi connectivity index (χ3v) is 2.10. The number of benzene rings is 1. The molecule has 1 aromatic rings. The van der Waals surface area contributed by atoms with E-state index in [1.807, 2.05) is 0 Å². The van der Waals surface area contributed by atoms with Crippen LogP contribution in [0.1, 0.15) is 11.1 Å². The highest BCUT2D eigenvalue weighted by atomic mass is 19.1. The predicted octanol–water partition coefficient (Wildman–Crippen LogP) is 1.64. The predicted molar refractivity (Wildman–Crippen MR) is 50.4 cm³/mol. The molecule has 13 heavy (non-hydrogen) atoms. The van der Waals surface area contributed by atoms with E-state index in [2.05, 4.69) is 0 Å². The van der Waals surface area contributed by atoms with Crippen LogP contribution in [0, 0.1) is 12.7 Å². The SMILES string of the molecule is COc1ccc(F)c(C)c1CCN. The second-order valence-corrected chi connectivity index (χ2v) is 2.89. The van der Waals surface area contributed by atoms with Gasteiger partial charge < -0.3 is 10.5 Å². The molecule has 0 fully saturated rings. The number of rotatable bonds is 3. The molecule has 3 heteroatoms. The van der Waals surface area contributed by atoms with Gasteiger partial charge in [-0.25, -0.2) is 4.39 Å². The molecule has 0 amide bonds. The first-order valence-corrected chi connectivity index (χ1v) is 4.22. The van der Waals surface area contributed by atoms with Crippen molar-refractivity contribution in [2.45, 2.75) is 13.3 Å². The lowest BCUT2D eigenvalue weighted by Gasteiger charge is -2.10. The Labute approximate surface area is 77.5 Å². The van der Waals surface area contributed by atoms with E-state index in [9.17, 15) is 4.39 Å². The molecule has 2 nitrogen and oxygen atoms in total. The lowest BCUT2D eigenvalue weighted by Crippen LogP contribution is -2.06. The Balaban J connectivity index is 3.15. The summed E-state index contributed by atoms with van der Waals surface area (Å²) < 4.78 is 18.2. The molecular weight excluding hydrogens is 169 g/mol. The Kier molecular flexibility index (Phi) is 3.25. The smallest absolute Gasteiger partial charge is 0.126 e. The van der Waals surface area contributed by atoms with E-state index in [1.54, 1.807) is 20.1 Å². The van der Waals surface area contributed by atoms with Gasteiger partial charge in [-0.3, -0.25) is 0 Å². The molecular formula is C10H14FNO. The van der Waals surface area contributed by atoms with Crippen LogP contribution in [0.3, 0.4) is 0 Å². The van der Waals surface area contributed by atoms with Crippen LogP contribution >= 0.6 is 0 Å². The van der Waals surface area contributed by atoms with Gasteiger partial charge in [0.2, 0.25) is 0 Å². The summed E-state index contributed by atoms with van der Waals surface area (Å²) in [4.78, 5) is 0. The van der Waals surface area contributed by atoms with E-state index in [0.29, 0.717) is 24.3 Å². The Morgan fingerprint density at radius 1 is 1.46 bits per heavy atom. The first-order chi connectivity index (χ1) is 6.20. The molecule has 0 unspecified atom stereocenters. The van der Waals surface area contributed by atoms with E-state index in [1.165, 1.54) is 6.07 Å². The van der Waals surface area contributed by atoms with Crippen molar-refractivity contribution in [3.05, 3.63) is 29.1 Å². The van der Waals surface area contributed by atoms with E-state index in [-0.39, 0.29) is 5.82 Å². The minimum absolute atomic E-state index is 0.204. The number of ether oxygens (including phenoxy) is 1. The van der Waals surface area contributed by atoms with E-state index in [0.717, 1.165) is 5.56 Å². The molecule has 0 saturated heterocycles. The molecule has 0 aliphatic carbocycles. The zero-order chi connectivity index (χ0) is 9.84. The van der Waals surface area contributed by atoms with Gasteiger partial charge in [0.15, 0.2) is 0 Å². The highest BCUT2D eigenvalue weighted by Gasteiger charge is 2.09. The van der Waals surface area contributed by atoms with Crippen molar-refractivity contribution in [2.75, 3.05) is 13.7 Å². The molecule has 0 spiro atoms. The summed E-state index contributed by atoms with van der Waals surface area (Å²) in [6, 6.07) is 3.04. The zero-order valence-corrected chi connectivity index (χ0v) is 7.93. The molecule has 1 rings (SSSR count). The summed E-state index contributed by atoms with van der Waals surface area (Å²) in [7, 11) is 1.58. The Morgan fingerprint density at radius 3 is 2.69 bits per heavy atom. The topological polar surface area (TPSA) is 35.2 Å². The zero-order valence-electron chi connectivity index (χ0n) is 7.93. The minimum Gasteiger partial charge on any atom is -0.496 e. The second-order valence-electron chi connectivity index (χ2n) is 2.89. The van der Waals surface area contributed by atoms with Gasteiger partial charge in [0, 0.05) is 5.56 Å². The second kappa shape index (κ2) is 4.23. The van der Waals surface area contributed by atoms with Crippen molar-refractivity contribution >= 4 is 0 Å². The van der Waals surface area contributed by atoms with Gasteiger partial charge >= 0.3 is 0 Å². The van der Waals surface area contributed by atoms with Gasteiger partial charge in [-0.15, -0.1) is 0 Å². The van der Waals surface area contributed by atoms with Gasteiger partial charge in [0.1, 0.15) is 11.6 Å². The Bertz CT molecular complexity index is 299. The summed E-state index contributed by atoms with van der Waals surface area (Å²) in [5.41, 5.74) is 6.92. The van der Waals surface area contributed by atoms with Crippen molar-refractivity contribution in [3.63, 3.8) is 0 Å². The Hall–Kier alpha value is -1.09. The van der Waals surface area contributed by atoms with Gasteiger partial charge in [0.25, 0.3) is 0 Å². The number of nitrogens with two attached hydrogens (primary N) is 1. The molecule has 0 aliphatic rings. The summed E-state index contributed by atoms with van der Waals surface area (Å²) in [6.45, 7) is 2.24. The Morgan fingerprint density at radius 2 is 2.15 bits per heavy atom. The highest BCUT2D eigenvalue weighted by Crippen LogP contribution is 2.24. The van der Waals surface area contributed by atoms with Gasteiger partial charge in [-0.05, 0) is 37.6 Å². The van der Waals surface area contributed by atoms with Crippen LogP contribution in [0.15, 0.2) is 12.1 Å². The number of hydrogen-bond donors (Lipinski definition) is 1. The number of halogens is 1. The summed E-state index contributed by atoms with van der Waals surface area (Å²) in [5, 5.41) is 0. The highest BCUT2D eigenvalue weighted by molar-refractivity contribution is 5.40. The first kappa shape index (κ1) is 9.99. The standard InChI is InChI=1S/C10H14FNO/c1-7-8(5-6-12)10(13-2)4-3-9(7)11/h3-4H,5-6,12H2,1-2H3. The molecule has 2 N–H and O–H groups in total. The minimum atomic E-state index is -0.204. The largest absolute Gasteiger partial charge is 0.496 e. The van der Waals surface area contributed by atoms with Crippen molar-refractivity contribution in [3.8, 4) is 5.75 Å². The molecule has 0 heterocycles. The molecule has 0 atom stereocenters. The van der Waals surface area contributed by atoms with Gasteiger partial charge in [0.05, 0.1) is 7.11 Å². The molecule has 72 valence electrons. The normalized spacial score (nSPS) is 10.2. The summed E-state index contributed by atoms with van der Waals surface area (Å²) in [5.74, 6) is 0.508. The van der Waals surface area contributed by atoms with Crippen molar-refractivity contribution in [1.29, 1.82) is 0 Å². The maximum absolute atomic E-state index is 13.1. The molecule has 0 radical (unpaired) electrons. The van der Waals surface area contributed by atoms with Crippen molar-refractivity contribution in [1.82, 2.24) is 0 Å². The average Bonchev–Trinajstić information content (AvgIpc) is 2.14. The van der Waals surface area contributed by atoms with E-state index < -0.39 is 0 Å². The van der Waals surface area contributed by atoms with Crippen LogP contribution in [0.4, 0.5) is 4.39 Å². The van der Waals surface area contributed by atoms with Gasteiger partial charge in [-0.2, -0.15) is 0 Å². The van der Waals surface area contributed by atoms with Gasteiger partial charge in [-0.1, -0.05) is 0 Å². The maximum atomic E-state index is 13.1. The first-order valence-electron chi connectivity index (χ1n) is 4.22. The van der Waals surface area contributed by atoms with Crippen molar-refractivity contribution < 1.29 is 9.13 Å². The third-order valence-electron chi connectivity index (χ3n) is 2.10. The molecule has 0 aliphatic heterocycles. The lowest BCUT2D eigenvalue weighted by molar-refractivity contribution is 0.407. The average molecular weight is 183 g/mol. The van der Waals surface area contributed by atoms with Crippen LogP contribution in [0.25, 0.3) is 0 Å². The summed E-state index contributed by atoms with van der Waals surface area (Å²) >= 11 is 0. The fourth-order valence-electron chi connectivity index (χ4n) is 1.35. The quantitative estimate of drug-likeness (QED) is 0.773. The summed E-state index contributed by atoms with van der Waals surface area (Å²) in [6.07, 6.45) is 0.646. The van der Waals surface area contributed by atoms with Crippen LogP contribution in [-0.2, 0) is 6.42 Å². The molecule has 0 aromatic heterocycles. The van der Waals surface area contributed by atoms with Crippen LogP contribution in [0.5, 0.6) is 5.75 Å². The fraction of sp³-hybridized carbons (Fsp3) is 0.400. The lowest BCUT2D eigenvalue weighted by atomic mass is 10.0. The van der Waals surface area contributed by atoms with Crippen LogP contribution < -0.4 is 10.5 Å². The van der Waals surface area contributed by atoms with Crippen molar-refractivity contribution in [2.24, 2.45) is 5.73 Å². The fourth-order valence-corrected chi connectivity index (χ4v) is 1.35. The molecule has 0 bridgehead atoms. The monoisotopic (exact) mass is 183 g/mol. The number of hydrogen-bond acceptors (Lipinski definition) is 2. The molecule has 0 saturated carbocycles.